The van der Waals surface area contributed by atoms with E-state index >= 15 is 0 Å². The van der Waals surface area contributed by atoms with Gasteiger partial charge in [-0.2, -0.15) is 0 Å². The lowest BCUT2D eigenvalue weighted by atomic mass is 9.93. The molecule has 0 spiro atoms. The summed E-state index contributed by atoms with van der Waals surface area (Å²) in [5.74, 6) is 0. The number of furan rings is 2. The minimum atomic E-state index is 0.822. The molecule has 2 aromatic heterocycles. The molecule has 0 amide bonds. The van der Waals surface area contributed by atoms with Crippen LogP contribution in [0.2, 0.25) is 0 Å². The molecule has 20 aromatic carbocycles. The molecule has 0 aliphatic heterocycles. The van der Waals surface area contributed by atoms with Crippen LogP contribution in [0, 0.1) is 27.7 Å². The van der Waals surface area contributed by atoms with E-state index in [9.17, 15) is 0 Å². The van der Waals surface area contributed by atoms with Gasteiger partial charge in [0.1, 0.15) is 22.3 Å². The molecule has 22 aromatic rings. The zero-order valence-electron chi connectivity index (χ0n) is 68.0. The van der Waals surface area contributed by atoms with E-state index in [0.29, 0.717) is 0 Å². The average Bonchev–Trinajstić information content (AvgIpc) is 1.55. The summed E-state index contributed by atoms with van der Waals surface area (Å²) in [4.78, 5) is 9.77. The smallest absolute Gasteiger partial charge is 0.144 e. The Bertz CT molecular complexity index is 7810. The van der Waals surface area contributed by atoms with E-state index < -0.39 is 0 Å². The third-order valence-electron chi connectivity index (χ3n) is 24.5. The molecule has 0 aliphatic rings. The predicted molar refractivity (Wildman–Crippen MR) is 516 cm³/mol. The Kier molecular flexibility index (Phi) is 18.1. The van der Waals surface area contributed by atoms with Gasteiger partial charge in [0.05, 0.1) is 22.7 Å². The summed E-state index contributed by atoms with van der Waals surface area (Å²) in [7, 11) is 0. The molecular formula is C116H82N4O2. The largest absolute Gasteiger partial charge is 0.455 e. The molecule has 0 N–H and O–H groups in total. The van der Waals surface area contributed by atoms with E-state index in [-0.39, 0.29) is 0 Å². The van der Waals surface area contributed by atoms with Crippen molar-refractivity contribution in [3.63, 3.8) is 0 Å². The fourth-order valence-corrected chi connectivity index (χ4v) is 18.7. The summed E-state index contributed by atoms with van der Waals surface area (Å²) in [5, 5.41) is 12.5. The maximum atomic E-state index is 7.72. The second kappa shape index (κ2) is 30.3. The van der Waals surface area contributed by atoms with Crippen molar-refractivity contribution < 1.29 is 8.83 Å². The topological polar surface area (TPSA) is 39.2 Å². The Balaban J connectivity index is 0.699. The lowest BCUT2D eigenvalue weighted by Crippen LogP contribution is -2.12. The third kappa shape index (κ3) is 12.7. The standard InChI is InChI=1S/C116H82N4O2/c1-75-29-24-41-90(67-75)117(88-63-59-83(60-64-88)79-33-8-5-9-34-79)108-71-102-103-72-109(96-46-17-20-49-99(96)114(103)121-113(102)98-48-19-16-45-95(98)108)118(91-42-25-30-76(2)68-91)89-65-61-84(62-66-89)82-55-57-85(58-56-82)94-51-28-52-101-111(120(107-54-23-15-32-78(107)4)93-44-27-40-87(70-93)81-37-12-7-13-38-81)74-105-104-73-110(97-47-18-21-50-100(97)115(104)122-116(105)112(94)101)119(106-53-22-14-31-77(106)3)92-43-26-39-86(69-92)80-35-10-6-11-36-80/h5-74H,1-4H3. The fraction of sp³-hybridized carbons (Fsp3) is 0.0345. The van der Waals surface area contributed by atoms with E-state index in [0.717, 1.165) is 222 Å². The number of hydrogen-bond donors (Lipinski definition) is 0. The summed E-state index contributed by atoms with van der Waals surface area (Å²) in [5.41, 5.74) is 31.9. The van der Waals surface area contributed by atoms with Crippen LogP contribution in [0.5, 0.6) is 0 Å². The maximum Gasteiger partial charge on any atom is 0.144 e. The first-order valence-electron chi connectivity index (χ1n) is 41.9. The van der Waals surface area contributed by atoms with E-state index in [2.05, 4.69) is 472 Å². The predicted octanol–water partition coefficient (Wildman–Crippen LogP) is 33.5. The van der Waals surface area contributed by atoms with Crippen molar-refractivity contribution in [2.24, 2.45) is 0 Å². The summed E-state index contributed by atoms with van der Waals surface area (Å²) in [6.45, 7) is 8.78. The van der Waals surface area contributed by atoms with Crippen LogP contribution >= 0.6 is 0 Å². The zero-order valence-corrected chi connectivity index (χ0v) is 68.0. The van der Waals surface area contributed by atoms with Gasteiger partial charge < -0.3 is 28.4 Å². The van der Waals surface area contributed by atoms with Crippen molar-refractivity contribution in [3.05, 3.63) is 447 Å². The van der Waals surface area contributed by atoms with E-state index in [4.69, 9.17) is 8.83 Å². The summed E-state index contributed by atoms with van der Waals surface area (Å²) >= 11 is 0. The number of hydrogen-bond acceptors (Lipinski definition) is 6. The summed E-state index contributed by atoms with van der Waals surface area (Å²) in [6.07, 6.45) is 0. The first-order chi connectivity index (χ1) is 60.2. The SMILES string of the molecule is Cc1cccc(N(c2ccc(-c3ccccc3)cc2)c2cc3c4cc(N(c5ccc(-c6ccc(-c7cccc8c(N(c9cccc(-c%10ccccc%10)c9)c9ccccc9C)cc9c%10cc(N(c%11cccc(-c%12ccccc%12)c%11)c%11ccccc%11C)c%11ccccc%11c%10oc9c78)cc6)cc5)c5cccc(C)c5)c5ccccc5c4oc3c3ccccc23)c1. The van der Waals surface area contributed by atoms with Crippen LogP contribution in [0.15, 0.2) is 433 Å². The molecule has 122 heavy (non-hydrogen) atoms. The molecule has 0 atom stereocenters. The van der Waals surface area contributed by atoms with Gasteiger partial charge in [0.2, 0.25) is 0 Å². The van der Waals surface area contributed by atoms with Gasteiger partial charge in [-0.05, 0) is 215 Å². The fourth-order valence-electron chi connectivity index (χ4n) is 18.7. The molecule has 0 bridgehead atoms. The minimum absolute atomic E-state index is 0.822. The molecule has 6 nitrogen and oxygen atoms in total. The zero-order chi connectivity index (χ0) is 81.5. The maximum absolute atomic E-state index is 7.72. The molecule has 0 fully saturated rings. The monoisotopic (exact) mass is 1560 g/mol. The van der Waals surface area contributed by atoms with Crippen molar-refractivity contribution in [2.75, 3.05) is 19.6 Å². The average molecular weight is 1560 g/mol. The van der Waals surface area contributed by atoms with Gasteiger partial charge in [0.25, 0.3) is 0 Å². The van der Waals surface area contributed by atoms with Gasteiger partial charge in [-0.25, -0.2) is 0 Å². The molecule has 0 unspecified atom stereocenters. The number of rotatable bonds is 17. The van der Waals surface area contributed by atoms with Gasteiger partial charge in [0, 0.05) is 110 Å². The number of para-hydroxylation sites is 2. The van der Waals surface area contributed by atoms with Crippen LogP contribution < -0.4 is 19.6 Å². The summed E-state index contributed by atoms with van der Waals surface area (Å²) < 4.78 is 15.0. The first-order valence-corrected chi connectivity index (χ1v) is 41.9. The number of anilines is 12. The van der Waals surface area contributed by atoms with Crippen LogP contribution in [-0.2, 0) is 0 Å². The molecule has 578 valence electrons. The van der Waals surface area contributed by atoms with Gasteiger partial charge >= 0.3 is 0 Å². The van der Waals surface area contributed by atoms with Crippen molar-refractivity contribution in [3.8, 4) is 55.6 Å². The molecule has 0 aliphatic carbocycles. The third-order valence-corrected chi connectivity index (χ3v) is 24.5. The van der Waals surface area contributed by atoms with Crippen molar-refractivity contribution in [1.29, 1.82) is 0 Å². The number of fused-ring (bicyclic) bond motifs is 14. The molecule has 22 rings (SSSR count). The Morgan fingerprint density at radius 3 is 0.861 bits per heavy atom. The molecule has 2 heterocycles. The van der Waals surface area contributed by atoms with Crippen LogP contribution in [0.25, 0.3) is 143 Å². The lowest BCUT2D eigenvalue weighted by molar-refractivity contribution is 0.676. The van der Waals surface area contributed by atoms with Gasteiger partial charge in [-0.1, -0.05) is 315 Å². The minimum Gasteiger partial charge on any atom is -0.455 e. The van der Waals surface area contributed by atoms with E-state index in [1.807, 2.05) is 0 Å². The van der Waals surface area contributed by atoms with Gasteiger partial charge in [0.15, 0.2) is 0 Å². The second-order valence-corrected chi connectivity index (χ2v) is 32.1. The Morgan fingerprint density at radius 2 is 0.451 bits per heavy atom. The molecular weight excluding hydrogens is 1480 g/mol. The Morgan fingerprint density at radius 1 is 0.164 bits per heavy atom. The first kappa shape index (κ1) is 72.7. The highest BCUT2D eigenvalue weighted by atomic mass is 16.3. The number of nitrogens with zero attached hydrogens (tertiary/aromatic N) is 4. The highest BCUT2D eigenvalue weighted by Gasteiger charge is 2.30. The molecule has 0 saturated carbocycles. The van der Waals surface area contributed by atoms with Crippen LogP contribution in [0.4, 0.5) is 68.2 Å². The van der Waals surface area contributed by atoms with E-state index in [1.165, 1.54) is 11.1 Å². The Hall–Kier alpha value is -15.8. The summed E-state index contributed by atoms with van der Waals surface area (Å²) in [6, 6.07) is 155. The van der Waals surface area contributed by atoms with Gasteiger partial charge in [-0.15, -0.1) is 0 Å². The highest BCUT2D eigenvalue weighted by Crippen LogP contribution is 2.54. The quantitative estimate of drug-likeness (QED) is 0.0905. The van der Waals surface area contributed by atoms with E-state index in [1.54, 1.807) is 0 Å². The van der Waals surface area contributed by atoms with Crippen molar-refractivity contribution in [2.45, 2.75) is 27.7 Å². The number of benzene rings is 20. The lowest BCUT2D eigenvalue weighted by Gasteiger charge is -2.29. The van der Waals surface area contributed by atoms with Crippen molar-refractivity contribution in [1.82, 2.24) is 0 Å². The molecule has 0 radical (unpaired) electrons. The van der Waals surface area contributed by atoms with Crippen LogP contribution in [0.1, 0.15) is 22.3 Å². The van der Waals surface area contributed by atoms with Crippen molar-refractivity contribution >= 4 is 155 Å². The highest BCUT2D eigenvalue weighted by molar-refractivity contribution is 6.29. The second-order valence-electron chi connectivity index (χ2n) is 32.1. The van der Waals surface area contributed by atoms with Crippen LogP contribution in [-0.4, -0.2) is 0 Å². The van der Waals surface area contributed by atoms with Crippen LogP contribution in [0.3, 0.4) is 0 Å². The number of aryl methyl sites for hydroxylation is 4. The normalized spacial score (nSPS) is 11.6. The molecule has 6 heteroatoms. The Labute approximate surface area is 709 Å². The van der Waals surface area contributed by atoms with Gasteiger partial charge in [-0.3, -0.25) is 0 Å². The molecule has 0 saturated heterocycles.